The Morgan fingerprint density at radius 3 is 2.95 bits per heavy atom. The number of hydrogen-bond acceptors (Lipinski definition) is 4. The van der Waals surface area contributed by atoms with Crippen LogP contribution in [0.3, 0.4) is 0 Å². The molecule has 3 rings (SSSR count). The van der Waals surface area contributed by atoms with Crippen LogP contribution >= 0.6 is 0 Å². The van der Waals surface area contributed by atoms with Crippen LogP contribution in [0.25, 0.3) is 22.4 Å². The fourth-order valence-corrected chi connectivity index (χ4v) is 2.11. The van der Waals surface area contributed by atoms with Gasteiger partial charge in [0, 0.05) is 18.1 Å². The number of nitrogens with one attached hydrogen (secondary N) is 1. The molecule has 0 spiro atoms. The highest BCUT2D eigenvalue weighted by atomic mass is 16.3. The van der Waals surface area contributed by atoms with E-state index in [0.29, 0.717) is 5.95 Å². The molecule has 0 saturated carbocycles. The van der Waals surface area contributed by atoms with Gasteiger partial charge < -0.3 is 9.73 Å². The number of nitrogens with zero attached hydrogens (tertiary/aromatic N) is 2. The van der Waals surface area contributed by atoms with Gasteiger partial charge >= 0.3 is 0 Å². The van der Waals surface area contributed by atoms with Crippen molar-refractivity contribution in [3.8, 4) is 11.5 Å². The maximum Gasteiger partial charge on any atom is 0.223 e. The lowest BCUT2D eigenvalue weighted by atomic mass is 10.2. The van der Waals surface area contributed by atoms with Gasteiger partial charge in [0.15, 0.2) is 5.76 Å². The molecule has 3 aromatic rings. The molecule has 4 heteroatoms. The number of hydrogen-bond donors (Lipinski definition) is 1. The molecule has 0 aliphatic heterocycles. The predicted molar refractivity (Wildman–Crippen MR) is 80.8 cm³/mol. The van der Waals surface area contributed by atoms with E-state index in [2.05, 4.69) is 35.2 Å². The van der Waals surface area contributed by atoms with Gasteiger partial charge in [0.1, 0.15) is 11.3 Å². The highest BCUT2D eigenvalue weighted by Crippen LogP contribution is 2.27. The monoisotopic (exact) mass is 267 g/mol. The number of fused-ring (bicyclic) bond motifs is 1. The van der Waals surface area contributed by atoms with Crippen molar-refractivity contribution in [3.05, 3.63) is 42.1 Å². The van der Waals surface area contributed by atoms with E-state index in [4.69, 9.17) is 4.42 Å². The van der Waals surface area contributed by atoms with Crippen molar-refractivity contribution in [1.82, 2.24) is 9.97 Å². The molecule has 1 N–H and O–H groups in total. The van der Waals surface area contributed by atoms with E-state index in [1.807, 2.05) is 24.3 Å². The van der Waals surface area contributed by atoms with Gasteiger partial charge in [-0.2, -0.15) is 0 Å². The molecule has 20 heavy (non-hydrogen) atoms. The van der Waals surface area contributed by atoms with Crippen molar-refractivity contribution in [1.29, 1.82) is 0 Å². The van der Waals surface area contributed by atoms with Crippen LogP contribution in [0.2, 0.25) is 0 Å². The molecule has 0 fully saturated rings. The zero-order chi connectivity index (χ0) is 13.9. The van der Waals surface area contributed by atoms with Gasteiger partial charge in [-0.15, -0.1) is 0 Å². The predicted octanol–water partition coefficient (Wildman–Crippen LogP) is 4.02. The zero-order valence-corrected chi connectivity index (χ0v) is 11.7. The Kier molecular flexibility index (Phi) is 3.37. The fraction of sp³-hybridized carbons (Fsp3) is 0.250. The summed E-state index contributed by atoms with van der Waals surface area (Å²) in [6, 6.07) is 10.0. The molecule has 0 radical (unpaired) electrons. The first-order valence-corrected chi connectivity index (χ1v) is 6.84. The largest absolute Gasteiger partial charge is 0.454 e. The minimum absolute atomic E-state index is 0.640. The summed E-state index contributed by atoms with van der Waals surface area (Å²) < 4.78 is 5.85. The van der Waals surface area contributed by atoms with Crippen molar-refractivity contribution < 1.29 is 4.42 Å². The van der Waals surface area contributed by atoms with E-state index < -0.39 is 0 Å². The molecule has 0 atom stereocenters. The Balaban J connectivity index is 1.97. The third-order valence-corrected chi connectivity index (χ3v) is 3.11. The van der Waals surface area contributed by atoms with Crippen LogP contribution in [0.5, 0.6) is 0 Å². The highest BCUT2D eigenvalue weighted by molar-refractivity contribution is 5.82. The minimum atomic E-state index is 0.640. The van der Waals surface area contributed by atoms with Crippen LogP contribution in [0.15, 0.2) is 40.9 Å². The summed E-state index contributed by atoms with van der Waals surface area (Å²) in [6.07, 6.45) is 2.79. The standard InChI is InChI=1S/C16H17N3O/c1-3-7-17-16-18-8-6-13(19-16)15-10-12-9-11(2)4-5-14(12)20-15/h4-6,8-10H,3,7H2,1-2H3,(H,17,18,19). The van der Waals surface area contributed by atoms with Gasteiger partial charge in [-0.25, -0.2) is 9.97 Å². The first-order valence-electron chi connectivity index (χ1n) is 6.84. The van der Waals surface area contributed by atoms with E-state index in [-0.39, 0.29) is 0 Å². The average Bonchev–Trinajstić information content (AvgIpc) is 2.88. The Bertz CT molecular complexity index is 733. The lowest BCUT2D eigenvalue weighted by Crippen LogP contribution is -2.04. The molecule has 1 aromatic carbocycles. The Hall–Kier alpha value is -2.36. The smallest absolute Gasteiger partial charge is 0.223 e. The normalized spacial score (nSPS) is 10.9. The lowest BCUT2D eigenvalue weighted by Gasteiger charge is -2.03. The molecule has 4 nitrogen and oxygen atoms in total. The second-order valence-electron chi connectivity index (χ2n) is 4.84. The summed E-state index contributed by atoms with van der Waals surface area (Å²) in [4.78, 5) is 8.69. The van der Waals surface area contributed by atoms with E-state index in [9.17, 15) is 0 Å². The summed E-state index contributed by atoms with van der Waals surface area (Å²) in [5, 5.41) is 4.28. The quantitative estimate of drug-likeness (QED) is 0.775. The van der Waals surface area contributed by atoms with Crippen LogP contribution in [0.1, 0.15) is 18.9 Å². The lowest BCUT2D eigenvalue weighted by molar-refractivity contribution is 0.628. The van der Waals surface area contributed by atoms with Crippen LogP contribution < -0.4 is 5.32 Å². The van der Waals surface area contributed by atoms with Gasteiger partial charge in [0.25, 0.3) is 0 Å². The van der Waals surface area contributed by atoms with E-state index in [0.717, 1.165) is 35.4 Å². The van der Waals surface area contributed by atoms with Crippen molar-refractivity contribution in [3.63, 3.8) is 0 Å². The van der Waals surface area contributed by atoms with Crippen LogP contribution in [0.4, 0.5) is 5.95 Å². The maximum atomic E-state index is 5.85. The molecule has 2 aromatic heterocycles. The Labute approximate surface area is 117 Å². The van der Waals surface area contributed by atoms with Gasteiger partial charge in [-0.05, 0) is 37.6 Å². The summed E-state index contributed by atoms with van der Waals surface area (Å²) in [7, 11) is 0. The second kappa shape index (κ2) is 5.33. The highest BCUT2D eigenvalue weighted by Gasteiger charge is 2.08. The molecular weight excluding hydrogens is 250 g/mol. The first kappa shape index (κ1) is 12.7. The molecule has 0 amide bonds. The second-order valence-corrected chi connectivity index (χ2v) is 4.84. The topological polar surface area (TPSA) is 51.0 Å². The third-order valence-electron chi connectivity index (χ3n) is 3.11. The zero-order valence-electron chi connectivity index (χ0n) is 11.7. The van der Waals surface area contributed by atoms with Crippen LogP contribution in [-0.4, -0.2) is 16.5 Å². The summed E-state index contributed by atoms with van der Waals surface area (Å²) in [6.45, 7) is 5.05. The van der Waals surface area contributed by atoms with Crippen molar-refractivity contribution in [2.75, 3.05) is 11.9 Å². The third kappa shape index (κ3) is 2.50. The summed E-state index contributed by atoms with van der Waals surface area (Å²) in [5.41, 5.74) is 2.90. The fourth-order valence-electron chi connectivity index (χ4n) is 2.11. The van der Waals surface area contributed by atoms with Crippen molar-refractivity contribution >= 4 is 16.9 Å². The van der Waals surface area contributed by atoms with Gasteiger partial charge in [-0.1, -0.05) is 18.6 Å². The number of aromatic nitrogens is 2. The minimum Gasteiger partial charge on any atom is -0.454 e. The molecule has 0 aliphatic carbocycles. The number of furan rings is 1. The van der Waals surface area contributed by atoms with E-state index >= 15 is 0 Å². The van der Waals surface area contributed by atoms with E-state index in [1.54, 1.807) is 6.20 Å². The summed E-state index contributed by atoms with van der Waals surface area (Å²) in [5.74, 6) is 1.41. The molecular formula is C16H17N3O. The Morgan fingerprint density at radius 1 is 1.20 bits per heavy atom. The molecule has 0 unspecified atom stereocenters. The number of rotatable bonds is 4. The number of benzene rings is 1. The molecule has 0 bridgehead atoms. The molecule has 2 heterocycles. The summed E-state index contributed by atoms with van der Waals surface area (Å²) >= 11 is 0. The number of aryl methyl sites for hydroxylation is 1. The van der Waals surface area contributed by atoms with E-state index in [1.165, 1.54) is 5.56 Å². The van der Waals surface area contributed by atoms with Gasteiger partial charge in [-0.3, -0.25) is 0 Å². The molecule has 0 saturated heterocycles. The van der Waals surface area contributed by atoms with Crippen molar-refractivity contribution in [2.45, 2.75) is 20.3 Å². The molecule has 102 valence electrons. The van der Waals surface area contributed by atoms with Crippen molar-refractivity contribution in [2.24, 2.45) is 0 Å². The molecule has 0 aliphatic rings. The average molecular weight is 267 g/mol. The first-order chi connectivity index (χ1) is 9.76. The van der Waals surface area contributed by atoms with Gasteiger partial charge in [0.2, 0.25) is 5.95 Å². The van der Waals surface area contributed by atoms with Crippen LogP contribution in [0, 0.1) is 6.92 Å². The van der Waals surface area contributed by atoms with Gasteiger partial charge in [0.05, 0.1) is 0 Å². The maximum absolute atomic E-state index is 5.85. The van der Waals surface area contributed by atoms with Crippen LogP contribution in [-0.2, 0) is 0 Å². The SMILES string of the molecule is CCCNc1nccc(-c2cc3cc(C)ccc3o2)n1. The number of anilines is 1. The Morgan fingerprint density at radius 2 is 2.10 bits per heavy atom.